The molecule has 10 heteroatoms. The van der Waals surface area contributed by atoms with Gasteiger partial charge in [-0.15, -0.1) is 0 Å². The average Bonchev–Trinajstić information content (AvgIpc) is 2.84. The first kappa shape index (κ1) is 26.0. The van der Waals surface area contributed by atoms with Gasteiger partial charge in [-0.2, -0.15) is 8.78 Å². The molecule has 0 radical (unpaired) electrons. The van der Waals surface area contributed by atoms with E-state index in [1.165, 1.54) is 18.2 Å². The zero-order valence-corrected chi connectivity index (χ0v) is 18.9. The van der Waals surface area contributed by atoms with E-state index >= 15 is 0 Å². The summed E-state index contributed by atoms with van der Waals surface area (Å²) in [5, 5.41) is 0. The van der Waals surface area contributed by atoms with E-state index in [0.717, 1.165) is 12.1 Å². The summed E-state index contributed by atoms with van der Waals surface area (Å²) in [6.45, 7) is 2.22. The van der Waals surface area contributed by atoms with E-state index in [-0.39, 0.29) is 23.3 Å². The van der Waals surface area contributed by atoms with Crippen LogP contribution < -0.4 is 9.47 Å². The third-order valence-corrected chi connectivity index (χ3v) is 5.36. The largest absolute Gasteiger partial charge is 0.494 e. The minimum absolute atomic E-state index is 0.0833. The summed E-state index contributed by atoms with van der Waals surface area (Å²) < 4.78 is 123. The van der Waals surface area contributed by atoms with Crippen molar-refractivity contribution in [3.05, 3.63) is 107 Å². The number of hydrogen-bond donors (Lipinski definition) is 0. The Kier molecular flexibility index (Phi) is 7.11. The third-order valence-electron chi connectivity index (χ3n) is 5.36. The smallest absolute Gasteiger partial charge is 0.429 e. The van der Waals surface area contributed by atoms with E-state index in [1.54, 1.807) is 19.1 Å². The Balaban J connectivity index is 1.63. The molecule has 0 unspecified atom stereocenters. The normalized spacial score (nSPS) is 11.5. The van der Waals surface area contributed by atoms with Crippen molar-refractivity contribution in [2.75, 3.05) is 6.61 Å². The van der Waals surface area contributed by atoms with E-state index in [9.17, 15) is 35.1 Å². The number of ether oxygens (including phenoxy) is 2. The quantitative estimate of drug-likeness (QED) is 0.179. The van der Waals surface area contributed by atoms with Crippen molar-refractivity contribution in [1.29, 1.82) is 0 Å². The molecular weight excluding hydrogens is 508 g/mol. The SMILES string of the molecule is CCOc1ccc(-c2ccc(-c3ccc(C(F)(F)Oc4cc(F)c(F)c(F)c4)c(F)c3)c(F)c2F)cc1. The molecule has 4 aromatic carbocycles. The molecule has 0 bridgehead atoms. The number of benzene rings is 4. The van der Waals surface area contributed by atoms with Crippen LogP contribution in [-0.2, 0) is 6.11 Å². The van der Waals surface area contributed by atoms with E-state index in [2.05, 4.69) is 4.74 Å². The summed E-state index contributed by atoms with van der Waals surface area (Å²) in [5.74, 6) is -10.2. The lowest BCUT2D eigenvalue weighted by atomic mass is 9.97. The molecule has 2 nitrogen and oxygen atoms in total. The molecule has 4 rings (SSSR count). The Morgan fingerprint density at radius 1 is 0.595 bits per heavy atom. The van der Waals surface area contributed by atoms with Crippen LogP contribution in [0, 0.1) is 34.9 Å². The fourth-order valence-corrected chi connectivity index (χ4v) is 3.61. The highest BCUT2D eigenvalue weighted by molar-refractivity contribution is 5.72. The minimum atomic E-state index is -4.44. The first-order chi connectivity index (χ1) is 17.5. The predicted molar refractivity (Wildman–Crippen MR) is 119 cm³/mol. The van der Waals surface area contributed by atoms with Crippen molar-refractivity contribution < 1.29 is 44.6 Å². The first-order valence-corrected chi connectivity index (χ1v) is 10.7. The van der Waals surface area contributed by atoms with Crippen LogP contribution in [0.1, 0.15) is 12.5 Å². The molecule has 0 aliphatic heterocycles. The molecule has 4 aromatic rings. The Hall–Kier alpha value is -4.08. The molecule has 0 saturated carbocycles. The maximum absolute atomic E-state index is 14.9. The van der Waals surface area contributed by atoms with Crippen LogP contribution in [0.4, 0.5) is 35.1 Å². The first-order valence-electron chi connectivity index (χ1n) is 10.7. The van der Waals surface area contributed by atoms with Crippen LogP contribution in [-0.4, -0.2) is 6.61 Å². The standard InChI is InChI=1S/C27H16F8O2/c1-2-36-16-6-3-14(4-7-16)18-8-9-19(25(32)24(18)31)15-5-10-20(21(28)11-15)27(34,35)37-17-12-22(29)26(33)23(30)13-17/h3-13H,2H2,1H3. The van der Waals surface area contributed by atoms with Gasteiger partial charge in [-0.25, -0.2) is 26.3 Å². The van der Waals surface area contributed by atoms with Crippen molar-refractivity contribution in [1.82, 2.24) is 0 Å². The molecular formula is C27H16F8O2. The Labute approximate surface area is 205 Å². The van der Waals surface area contributed by atoms with Crippen molar-refractivity contribution in [2.45, 2.75) is 13.0 Å². The number of alkyl halides is 2. The van der Waals surface area contributed by atoms with Gasteiger partial charge in [0.2, 0.25) is 0 Å². The van der Waals surface area contributed by atoms with Crippen molar-refractivity contribution in [2.24, 2.45) is 0 Å². The highest BCUT2D eigenvalue weighted by Crippen LogP contribution is 2.37. The van der Waals surface area contributed by atoms with Gasteiger partial charge in [0, 0.05) is 23.3 Å². The summed E-state index contributed by atoms with van der Waals surface area (Å²) in [6.07, 6.45) is -4.44. The average molecular weight is 524 g/mol. The van der Waals surface area contributed by atoms with Crippen molar-refractivity contribution in [3.63, 3.8) is 0 Å². The van der Waals surface area contributed by atoms with Crippen LogP contribution in [0.2, 0.25) is 0 Å². The summed E-state index contributed by atoms with van der Waals surface area (Å²) in [6, 6.07) is 11.0. The zero-order chi connectivity index (χ0) is 26.9. The number of hydrogen-bond acceptors (Lipinski definition) is 2. The highest BCUT2D eigenvalue weighted by Gasteiger charge is 2.38. The molecule has 0 atom stereocenters. The Morgan fingerprint density at radius 2 is 1.14 bits per heavy atom. The van der Waals surface area contributed by atoms with Gasteiger partial charge in [0.05, 0.1) is 12.2 Å². The van der Waals surface area contributed by atoms with Crippen LogP contribution in [0.5, 0.6) is 11.5 Å². The van der Waals surface area contributed by atoms with Crippen LogP contribution in [0.15, 0.2) is 66.7 Å². The molecule has 0 aliphatic rings. The maximum Gasteiger partial charge on any atom is 0.429 e. The van der Waals surface area contributed by atoms with Gasteiger partial charge in [0.1, 0.15) is 17.3 Å². The van der Waals surface area contributed by atoms with Gasteiger partial charge in [0.15, 0.2) is 29.1 Å². The topological polar surface area (TPSA) is 18.5 Å². The number of halogens is 8. The Bertz CT molecular complexity index is 1430. The molecule has 37 heavy (non-hydrogen) atoms. The molecule has 0 aliphatic carbocycles. The number of rotatable bonds is 7. The highest BCUT2D eigenvalue weighted by atomic mass is 19.3. The summed E-state index contributed by atoms with van der Waals surface area (Å²) in [5.41, 5.74) is -1.75. The molecule has 0 amide bonds. The van der Waals surface area contributed by atoms with E-state index in [1.807, 2.05) is 0 Å². The second kappa shape index (κ2) is 10.1. The molecule has 192 valence electrons. The fraction of sp³-hybridized carbons (Fsp3) is 0.111. The lowest BCUT2D eigenvalue weighted by Crippen LogP contribution is -2.23. The van der Waals surface area contributed by atoms with Gasteiger partial charge in [-0.3, -0.25) is 0 Å². The minimum Gasteiger partial charge on any atom is -0.494 e. The lowest BCUT2D eigenvalue weighted by Gasteiger charge is -2.19. The fourth-order valence-electron chi connectivity index (χ4n) is 3.61. The summed E-state index contributed by atoms with van der Waals surface area (Å²) in [7, 11) is 0. The molecule has 0 heterocycles. The van der Waals surface area contributed by atoms with Gasteiger partial charge in [-0.1, -0.05) is 30.3 Å². The van der Waals surface area contributed by atoms with E-state index < -0.39 is 57.9 Å². The molecule has 0 fully saturated rings. The monoisotopic (exact) mass is 524 g/mol. The van der Waals surface area contributed by atoms with Crippen molar-refractivity contribution >= 4 is 0 Å². The van der Waals surface area contributed by atoms with Gasteiger partial charge in [-0.05, 0) is 42.3 Å². The summed E-state index contributed by atoms with van der Waals surface area (Å²) in [4.78, 5) is 0. The van der Waals surface area contributed by atoms with Gasteiger partial charge in [0.25, 0.3) is 0 Å². The molecule has 0 N–H and O–H groups in total. The van der Waals surface area contributed by atoms with E-state index in [0.29, 0.717) is 30.1 Å². The maximum atomic E-state index is 14.9. The van der Waals surface area contributed by atoms with E-state index in [4.69, 9.17) is 4.74 Å². The third kappa shape index (κ3) is 5.23. The predicted octanol–water partition coefficient (Wildman–Crippen LogP) is 8.38. The van der Waals surface area contributed by atoms with Gasteiger partial charge < -0.3 is 9.47 Å². The second-order valence-corrected chi connectivity index (χ2v) is 7.76. The van der Waals surface area contributed by atoms with Gasteiger partial charge >= 0.3 is 6.11 Å². The second-order valence-electron chi connectivity index (χ2n) is 7.76. The van der Waals surface area contributed by atoms with Crippen molar-refractivity contribution in [3.8, 4) is 33.8 Å². The van der Waals surface area contributed by atoms with Crippen LogP contribution in [0.3, 0.4) is 0 Å². The van der Waals surface area contributed by atoms with Crippen LogP contribution >= 0.6 is 0 Å². The molecule has 0 spiro atoms. The molecule has 0 saturated heterocycles. The lowest BCUT2D eigenvalue weighted by molar-refractivity contribution is -0.187. The Morgan fingerprint density at radius 3 is 1.68 bits per heavy atom. The molecule has 0 aromatic heterocycles. The summed E-state index contributed by atoms with van der Waals surface area (Å²) >= 11 is 0. The zero-order valence-electron chi connectivity index (χ0n) is 18.9. The van der Waals surface area contributed by atoms with Crippen LogP contribution in [0.25, 0.3) is 22.3 Å².